The number of benzene rings is 1. The average molecular weight is 287 g/mol. The number of carbonyl (C=O) groups excluding carboxylic acids is 2. The maximum absolute atomic E-state index is 12.5. The Morgan fingerprint density at radius 2 is 2.14 bits per heavy atom. The van der Waals surface area contributed by atoms with Gasteiger partial charge in [-0.15, -0.1) is 0 Å². The normalized spacial score (nSPS) is 22.6. The first-order valence-corrected chi connectivity index (χ1v) is 7.02. The number of methoxy groups -OCH3 is 1. The van der Waals surface area contributed by atoms with Gasteiger partial charge in [0.1, 0.15) is 0 Å². The van der Waals surface area contributed by atoms with Crippen molar-refractivity contribution in [3.05, 3.63) is 36.0 Å². The number of H-pyrrole nitrogens is 1. The summed E-state index contributed by atoms with van der Waals surface area (Å²) in [5.74, 6) is -1.10. The number of aromatic amines is 1. The molecule has 1 fully saturated rings. The Labute approximate surface area is 122 Å². The van der Waals surface area contributed by atoms with Crippen LogP contribution in [0, 0.1) is 0 Å². The second kappa shape index (κ2) is 5.24. The number of fused-ring (bicyclic) bond motifs is 1. The van der Waals surface area contributed by atoms with Gasteiger partial charge >= 0.3 is 11.9 Å². The van der Waals surface area contributed by atoms with E-state index in [1.54, 1.807) is 0 Å². The average Bonchev–Trinajstić information content (AvgIpc) is 2.84. The van der Waals surface area contributed by atoms with Crippen molar-refractivity contribution in [1.29, 1.82) is 0 Å². The number of hydrogen-bond acceptors (Lipinski definition) is 4. The van der Waals surface area contributed by atoms with E-state index >= 15 is 0 Å². The fourth-order valence-electron chi connectivity index (χ4n) is 2.90. The van der Waals surface area contributed by atoms with E-state index in [4.69, 9.17) is 9.47 Å². The van der Waals surface area contributed by atoms with Crippen LogP contribution in [0.3, 0.4) is 0 Å². The molecule has 3 rings (SSSR count). The molecule has 110 valence electrons. The van der Waals surface area contributed by atoms with Crippen molar-refractivity contribution < 1.29 is 19.1 Å². The number of esters is 2. The Morgan fingerprint density at radius 1 is 1.33 bits per heavy atom. The van der Waals surface area contributed by atoms with Gasteiger partial charge in [-0.1, -0.05) is 18.2 Å². The van der Waals surface area contributed by atoms with Crippen LogP contribution in [0.4, 0.5) is 0 Å². The van der Waals surface area contributed by atoms with Crippen LogP contribution in [0.2, 0.25) is 0 Å². The highest BCUT2D eigenvalue weighted by Crippen LogP contribution is 2.36. The number of rotatable bonds is 2. The summed E-state index contributed by atoms with van der Waals surface area (Å²) in [6.45, 7) is 0.345. The predicted octanol–water partition coefficient (Wildman–Crippen LogP) is 2.31. The van der Waals surface area contributed by atoms with Gasteiger partial charge in [0, 0.05) is 11.2 Å². The zero-order valence-corrected chi connectivity index (χ0v) is 11.8. The molecule has 1 atom stereocenters. The first-order chi connectivity index (χ1) is 10.2. The highest BCUT2D eigenvalue weighted by Gasteiger charge is 2.52. The lowest BCUT2D eigenvalue weighted by molar-refractivity contribution is -0.163. The Balaban J connectivity index is 2.18. The molecule has 1 aliphatic rings. The number of hydrogen-bond donors (Lipinski definition) is 1. The number of para-hydroxylation sites is 1. The number of cyclic esters (lactones) is 1. The summed E-state index contributed by atoms with van der Waals surface area (Å²) in [5.41, 5.74) is 0.0415. The molecule has 0 saturated carbocycles. The molecule has 1 unspecified atom stereocenters. The van der Waals surface area contributed by atoms with Crippen molar-refractivity contribution >= 4 is 22.8 Å². The molecule has 1 aromatic carbocycles. The summed E-state index contributed by atoms with van der Waals surface area (Å²) in [6.07, 6.45) is 1.88. The summed E-state index contributed by atoms with van der Waals surface area (Å²) < 4.78 is 10.1. The third-order valence-electron chi connectivity index (χ3n) is 4.05. The van der Waals surface area contributed by atoms with Crippen molar-refractivity contribution in [3.8, 4) is 0 Å². The SMILES string of the molecule is COC(=O)C1(c2cc3ccccc3[nH]2)CCCCOC1=O. The molecule has 0 spiro atoms. The van der Waals surface area contributed by atoms with Crippen LogP contribution < -0.4 is 0 Å². The molecule has 0 radical (unpaired) electrons. The van der Waals surface area contributed by atoms with Gasteiger partial charge in [0.15, 0.2) is 0 Å². The largest absolute Gasteiger partial charge is 0.468 e. The highest BCUT2D eigenvalue weighted by atomic mass is 16.6. The van der Waals surface area contributed by atoms with Crippen molar-refractivity contribution in [3.63, 3.8) is 0 Å². The smallest absolute Gasteiger partial charge is 0.329 e. The minimum atomic E-state index is -1.38. The Bertz CT molecular complexity index is 657. The van der Waals surface area contributed by atoms with E-state index in [2.05, 4.69) is 4.98 Å². The first kappa shape index (κ1) is 13.7. The molecule has 0 aliphatic carbocycles. The van der Waals surface area contributed by atoms with Gasteiger partial charge in [0.05, 0.1) is 13.7 Å². The molecule has 2 heterocycles. The van der Waals surface area contributed by atoms with E-state index in [-0.39, 0.29) is 0 Å². The third-order valence-corrected chi connectivity index (χ3v) is 4.05. The van der Waals surface area contributed by atoms with Crippen LogP contribution in [0.15, 0.2) is 30.3 Å². The van der Waals surface area contributed by atoms with Gasteiger partial charge < -0.3 is 14.5 Å². The van der Waals surface area contributed by atoms with Crippen LogP contribution in [0.1, 0.15) is 25.0 Å². The second-order valence-electron chi connectivity index (χ2n) is 5.26. The van der Waals surface area contributed by atoms with E-state index in [1.807, 2.05) is 30.3 Å². The van der Waals surface area contributed by atoms with Crippen molar-refractivity contribution in [2.45, 2.75) is 24.7 Å². The van der Waals surface area contributed by atoms with Gasteiger partial charge in [0.2, 0.25) is 5.41 Å². The molecule has 0 amide bonds. The molecule has 1 aliphatic heterocycles. The summed E-state index contributed by atoms with van der Waals surface area (Å²) >= 11 is 0. The molecule has 1 aromatic heterocycles. The third kappa shape index (κ3) is 2.09. The highest BCUT2D eigenvalue weighted by molar-refractivity contribution is 6.07. The van der Waals surface area contributed by atoms with Gasteiger partial charge in [-0.2, -0.15) is 0 Å². The molecule has 1 saturated heterocycles. The van der Waals surface area contributed by atoms with Crippen molar-refractivity contribution in [2.24, 2.45) is 0 Å². The number of ether oxygens (including phenoxy) is 2. The lowest BCUT2D eigenvalue weighted by Crippen LogP contribution is -2.45. The molecule has 0 bridgehead atoms. The number of nitrogens with one attached hydrogen (secondary N) is 1. The maximum Gasteiger partial charge on any atom is 0.329 e. The van der Waals surface area contributed by atoms with Gasteiger partial charge in [0.25, 0.3) is 0 Å². The van der Waals surface area contributed by atoms with Crippen LogP contribution in [0.25, 0.3) is 10.9 Å². The Kier molecular flexibility index (Phi) is 3.41. The lowest BCUT2D eigenvalue weighted by atomic mass is 9.80. The topological polar surface area (TPSA) is 68.4 Å². The molecular weight excluding hydrogens is 270 g/mol. The fraction of sp³-hybridized carbons (Fsp3) is 0.375. The van der Waals surface area contributed by atoms with Crippen LogP contribution in [-0.4, -0.2) is 30.6 Å². The lowest BCUT2D eigenvalue weighted by Gasteiger charge is -2.25. The Hall–Kier alpha value is -2.30. The monoisotopic (exact) mass is 287 g/mol. The minimum Gasteiger partial charge on any atom is -0.468 e. The summed E-state index contributed by atoms with van der Waals surface area (Å²) in [5, 5.41) is 0.952. The van der Waals surface area contributed by atoms with Gasteiger partial charge in [-0.05, 0) is 36.8 Å². The molecule has 5 nitrogen and oxygen atoms in total. The van der Waals surface area contributed by atoms with Crippen molar-refractivity contribution in [1.82, 2.24) is 4.98 Å². The van der Waals surface area contributed by atoms with Crippen LogP contribution >= 0.6 is 0 Å². The van der Waals surface area contributed by atoms with Crippen LogP contribution in [-0.2, 0) is 24.5 Å². The first-order valence-electron chi connectivity index (χ1n) is 7.02. The fourth-order valence-corrected chi connectivity index (χ4v) is 2.90. The van der Waals surface area contributed by atoms with Gasteiger partial charge in [-0.25, -0.2) is 0 Å². The summed E-state index contributed by atoms with van der Waals surface area (Å²) in [7, 11) is 1.30. The maximum atomic E-state index is 12.5. The van der Waals surface area contributed by atoms with Crippen LogP contribution in [0.5, 0.6) is 0 Å². The van der Waals surface area contributed by atoms with E-state index in [9.17, 15) is 9.59 Å². The zero-order valence-electron chi connectivity index (χ0n) is 11.8. The molecule has 2 aromatic rings. The van der Waals surface area contributed by atoms with Gasteiger partial charge in [-0.3, -0.25) is 9.59 Å². The summed E-state index contributed by atoms with van der Waals surface area (Å²) in [6, 6.07) is 9.49. The van der Waals surface area contributed by atoms with E-state index in [0.717, 1.165) is 23.7 Å². The number of aromatic nitrogens is 1. The number of carbonyl (C=O) groups is 2. The molecule has 1 N–H and O–H groups in total. The van der Waals surface area contributed by atoms with E-state index in [0.29, 0.717) is 18.7 Å². The quantitative estimate of drug-likeness (QED) is 0.680. The standard InChI is InChI=1S/C16H17NO4/c1-20-14(18)16(8-4-5-9-21-15(16)19)13-10-11-6-2-3-7-12(11)17-13/h2-3,6-7,10,17H,4-5,8-9H2,1H3. The predicted molar refractivity (Wildman–Crippen MR) is 76.8 cm³/mol. The Morgan fingerprint density at radius 3 is 2.90 bits per heavy atom. The molecular formula is C16H17NO4. The molecule has 21 heavy (non-hydrogen) atoms. The zero-order chi connectivity index (χ0) is 14.9. The van der Waals surface area contributed by atoms with E-state index < -0.39 is 17.4 Å². The van der Waals surface area contributed by atoms with E-state index in [1.165, 1.54) is 7.11 Å². The summed E-state index contributed by atoms with van der Waals surface area (Å²) in [4.78, 5) is 28.0. The second-order valence-corrected chi connectivity index (χ2v) is 5.26. The molecule has 5 heteroatoms. The van der Waals surface area contributed by atoms with Crippen molar-refractivity contribution in [2.75, 3.05) is 13.7 Å². The minimum absolute atomic E-state index is 0.345.